The van der Waals surface area contributed by atoms with Crippen LogP contribution in [0.4, 0.5) is 0 Å². The molecule has 0 amide bonds. The Bertz CT molecular complexity index is 1360. The van der Waals surface area contributed by atoms with Crippen LogP contribution >= 0.6 is 0 Å². The lowest BCUT2D eigenvalue weighted by atomic mass is 9.85. The lowest BCUT2D eigenvalue weighted by Gasteiger charge is -2.40. The topological polar surface area (TPSA) is 46.7 Å². The van der Waals surface area contributed by atoms with E-state index in [4.69, 9.17) is 14.2 Å². The number of aromatic nitrogens is 1. The molecule has 4 aromatic rings. The molecule has 0 radical (unpaired) electrons. The Balaban J connectivity index is 1.32. The quantitative estimate of drug-likeness (QED) is 0.418. The third kappa shape index (κ3) is 3.61. The van der Waals surface area contributed by atoms with Gasteiger partial charge in [0.25, 0.3) is 0 Å². The molecule has 5 nitrogen and oxygen atoms in total. The number of H-pyrrole nitrogens is 1. The molecule has 0 bridgehead atoms. The van der Waals surface area contributed by atoms with Gasteiger partial charge in [-0.2, -0.15) is 0 Å². The van der Waals surface area contributed by atoms with Crippen molar-refractivity contribution in [1.82, 2.24) is 9.88 Å². The second-order valence-corrected chi connectivity index (χ2v) is 9.41. The van der Waals surface area contributed by atoms with E-state index in [1.165, 1.54) is 38.9 Å². The first-order valence-electron chi connectivity index (χ1n) is 11.9. The van der Waals surface area contributed by atoms with E-state index < -0.39 is 0 Å². The van der Waals surface area contributed by atoms with E-state index in [2.05, 4.69) is 65.3 Å². The van der Waals surface area contributed by atoms with E-state index >= 15 is 0 Å². The van der Waals surface area contributed by atoms with Crippen molar-refractivity contribution in [3.63, 3.8) is 0 Å². The van der Waals surface area contributed by atoms with Crippen molar-refractivity contribution in [3.8, 4) is 17.2 Å². The first-order valence-corrected chi connectivity index (χ1v) is 11.9. The number of aryl methyl sites for hydroxylation is 1. The summed E-state index contributed by atoms with van der Waals surface area (Å²) < 4.78 is 17.5. The van der Waals surface area contributed by atoms with E-state index in [9.17, 15) is 0 Å². The van der Waals surface area contributed by atoms with Crippen LogP contribution in [0.3, 0.4) is 0 Å². The lowest BCUT2D eigenvalue weighted by Crippen LogP contribution is -2.39. The van der Waals surface area contributed by atoms with Gasteiger partial charge in [0.15, 0.2) is 11.5 Å². The first kappa shape index (κ1) is 21.1. The molecule has 3 heterocycles. The SMILES string of the molecule is COc1ccc2[nH]c3c(c2c1)CC1c2cc(OC)c(OCc4ccc(C)cc4)cc2CCN1C3. The second-order valence-electron chi connectivity index (χ2n) is 9.41. The van der Waals surface area contributed by atoms with Crippen molar-refractivity contribution in [3.05, 3.63) is 88.1 Å². The van der Waals surface area contributed by atoms with Crippen LogP contribution < -0.4 is 14.2 Å². The maximum atomic E-state index is 6.23. The highest BCUT2D eigenvalue weighted by atomic mass is 16.5. The zero-order valence-electron chi connectivity index (χ0n) is 20.0. The Morgan fingerprint density at radius 1 is 0.971 bits per heavy atom. The summed E-state index contributed by atoms with van der Waals surface area (Å²) in [7, 11) is 3.45. The van der Waals surface area contributed by atoms with Gasteiger partial charge in [0.2, 0.25) is 0 Å². The summed E-state index contributed by atoms with van der Waals surface area (Å²) in [4.78, 5) is 6.24. The normalized spacial score (nSPS) is 17.1. The zero-order valence-corrected chi connectivity index (χ0v) is 20.0. The highest BCUT2D eigenvalue weighted by molar-refractivity contribution is 5.86. The number of hydrogen-bond acceptors (Lipinski definition) is 4. The average Bonchev–Trinajstić information content (AvgIpc) is 3.23. The summed E-state index contributed by atoms with van der Waals surface area (Å²) in [5.41, 5.74) is 9.04. The van der Waals surface area contributed by atoms with Crippen LogP contribution in [0, 0.1) is 6.92 Å². The summed E-state index contributed by atoms with van der Waals surface area (Å²) in [5, 5.41) is 1.27. The van der Waals surface area contributed by atoms with Gasteiger partial charge in [-0.15, -0.1) is 0 Å². The van der Waals surface area contributed by atoms with Crippen LogP contribution in [0.15, 0.2) is 54.6 Å². The molecule has 3 aromatic carbocycles. The largest absolute Gasteiger partial charge is 0.497 e. The van der Waals surface area contributed by atoms with Crippen LogP contribution in [0.1, 0.15) is 39.6 Å². The van der Waals surface area contributed by atoms with Gasteiger partial charge in [0.1, 0.15) is 12.4 Å². The van der Waals surface area contributed by atoms with E-state index in [0.717, 1.165) is 48.7 Å². The Morgan fingerprint density at radius 2 is 1.82 bits per heavy atom. The number of benzene rings is 3. The summed E-state index contributed by atoms with van der Waals surface area (Å²) in [6.45, 7) is 4.61. The lowest BCUT2D eigenvalue weighted by molar-refractivity contribution is 0.158. The Morgan fingerprint density at radius 3 is 2.62 bits per heavy atom. The third-order valence-corrected chi connectivity index (χ3v) is 7.37. The van der Waals surface area contributed by atoms with Crippen LogP contribution in [0.25, 0.3) is 10.9 Å². The van der Waals surface area contributed by atoms with Crippen LogP contribution in [-0.2, 0) is 26.0 Å². The number of rotatable bonds is 5. The zero-order chi connectivity index (χ0) is 23.2. The number of methoxy groups -OCH3 is 2. The smallest absolute Gasteiger partial charge is 0.161 e. The fourth-order valence-corrected chi connectivity index (χ4v) is 5.48. The summed E-state index contributed by atoms with van der Waals surface area (Å²) in [6, 6.07) is 19.5. The van der Waals surface area contributed by atoms with E-state index in [1.54, 1.807) is 14.2 Å². The van der Waals surface area contributed by atoms with Crippen molar-refractivity contribution in [2.45, 2.75) is 39.0 Å². The maximum absolute atomic E-state index is 6.23. The third-order valence-electron chi connectivity index (χ3n) is 7.37. The number of ether oxygens (including phenoxy) is 3. The van der Waals surface area contributed by atoms with Gasteiger partial charge < -0.3 is 19.2 Å². The van der Waals surface area contributed by atoms with E-state index in [0.29, 0.717) is 12.6 Å². The Kier molecular flexibility index (Phi) is 5.22. The minimum absolute atomic E-state index is 0.335. The molecule has 1 aromatic heterocycles. The van der Waals surface area contributed by atoms with Crippen LogP contribution in [0.5, 0.6) is 17.2 Å². The highest BCUT2D eigenvalue weighted by Crippen LogP contribution is 2.44. The molecule has 2 aliphatic rings. The standard InChI is InChI=1S/C29H30N2O3/c1-18-4-6-19(7-5-18)17-34-29-12-20-10-11-31-16-26-24(14-27(31)22(20)15-28(29)33-3)23-13-21(32-2)8-9-25(23)30-26/h4-9,12-13,15,27,30H,10-11,14,16-17H2,1-3H3. The monoisotopic (exact) mass is 454 g/mol. The van der Waals surface area contributed by atoms with Crippen molar-refractivity contribution in [1.29, 1.82) is 0 Å². The molecule has 0 spiro atoms. The van der Waals surface area contributed by atoms with Crippen molar-refractivity contribution in [2.75, 3.05) is 20.8 Å². The summed E-state index contributed by atoms with van der Waals surface area (Å²) in [5.74, 6) is 2.53. The van der Waals surface area contributed by atoms with Crippen molar-refractivity contribution >= 4 is 10.9 Å². The Labute approximate surface area is 200 Å². The van der Waals surface area contributed by atoms with Crippen LogP contribution in [0.2, 0.25) is 0 Å². The van der Waals surface area contributed by atoms with Gasteiger partial charge in [-0.3, -0.25) is 4.90 Å². The second kappa shape index (κ2) is 8.41. The molecule has 6 rings (SSSR count). The Hall–Kier alpha value is -3.44. The van der Waals surface area contributed by atoms with Crippen molar-refractivity contribution in [2.24, 2.45) is 0 Å². The van der Waals surface area contributed by atoms with Crippen LogP contribution in [-0.4, -0.2) is 30.6 Å². The average molecular weight is 455 g/mol. The molecule has 1 N–H and O–H groups in total. The predicted molar refractivity (Wildman–Crippen MR) is 134 cm³/mol. The molecule has 0 saturated heterocycles. The molecule has 0 aliphatic carbocycles. The van der Waals surface area contributed by atoms with Gasteiger partial charge in [-0.1, -0.05) is 29.8 Å². The number of fused-ring (bicyclic) bond motifs is 6. The van der Waals surface area contributed by atoms with Gasteiger partial charge in [-0.25, -0.2) is 0 Å². The molecule has 0 saturated carbocycles. The molecule has 1 unspecified atom stereocenters. The van der Waals surface area contributed by atoms with Gasteiger partial charge >= 0.3 is 0 Å². The molecule has 1 atom stereocenters. The highest BCUT2D eigenvalue weighted by Gasteiger charge is 2.34. The molecule has 174 valence electrons. The number of nitrogens with zero attached hydrogens (tertiary/aromatic N) is 1. The van der Waals surface area contributed by atoms with Gasteiger partial charge in [0, 0.05) is 35.7 Å². The van der Waals surface area contributed by atoms with Crippen molar-refractivity contribution < 1.29 is 14.2 Å². The van der Waals surface area contributed by atoms with Gasteiger partial charge in [0.05, 0.1) is 14.2 Å². The molecule has 5 heteroatoms. The first-order chi connectivity index (χ1) is 16.6. The summed E-state index contributed by atoms with van der Waals surface area (Å²) in [6.07, 6.45) is 1.99. The van der Waals surface area contributed by atoms with E-state index in [-0.39, 0.29) is 0 Å². The molecular formula is C29H30N2O3. The molecule has 34 heavy (non-hydrogen) atoms. The molecule has 0 fully saturated rings. The number of nitrogens with one attached hydrogen (secondary N) is 1. The minimum atomic E-state index is 0.335. The number of hydrogen-bond donors (Lipinski definition) is 1. The minimum Gasteiger partial charge on any atom is -0.497 e. The molecule has 2 aliphatic heterocycles. The van der Waals surface area contributed by atoms with E-state index in [1.807, 2.05) is 6.07 Å². The fraction of sp³-hybridized carbons (Fsp3) is 0.310. The maximum Gasteiger partial charge on any atom is 0.161 e. The van der Waals surface area contributed by atoms with Gasteiger partial charge in [-0.05, 0) is 72.4 Å². The summed E-state index contributed by atoms with van der Waals surface area (Å²) >= 11 is 0. The predicted octanol–water partition coefficient (Wildman–Crippen LogP) is 5.73. The molecular weight excluding hydrogens is 424 g/mol. The number of aromatic amines is 1. The fourth-order valence-electron chi connectivity index (χ4n) is 5.48.